The van der Waals surface area contributed by atoms with E-state index in [9.17, 15) is 9.59 Å². The first-order chi connectivity index (χ1) is 12.6. The second kappa shape index (κ2) is 8.14. The molecule has 0 spiro atoms. The van der Waals surface area contributed by atoms with Crippen LogP contribution in [0.3, 0.4) is 0 Å². The Morgan fingerprint density at radius 2 is 1.92 bits per heavy atom. The molecule has 7 nitrogen and oxygen atoms in total. The lowest BCUT2D eigenvalue weighted by Gasteiger charge is -2.34. The van der Waals surface area contributed by atoms with E-state index in [0.717, 1.165) is 0 Å². The molecule has 0 radical (unpaired) electrons. The molecule has 1 aliphatic heterocycles. The van der Waals surface area contributed by atoms with Gasteiger partial charge in [0.15, 0.2) is 5.76 Å². The van der Waals surface area contributed by atoms with E-state index in [-0.39, 0.29) is 11.9 Å². The molecule has 1 aliphatic rings. The van der Waals surface area contributed by atoms with Gasteiger partial charge in [-0.05, 0) is 37.3 Å². The van der Waals surface area contributed by atoms with Gasteiger partial charge in [0.25, 0.3) is 5.91 Å². The number of furan rings is 1. The van der Waals surface area contributed by atoms with E-state index < -0.39 is 0 Å². The van der Waals surface area contributed by atoms with Gasteiger partial charge in [0.2, 0.25) is 0 Å². The topological polar surface area (TPSA) is 75.0 Å². The predicted molar refractivity (Wildman–Crippen MR) is 97.8 cm³/mol. The lowest BCUT2D eigenvalue weighted by Crippen LogP contribution is -2.51. The van der Waals surface area contributed by atoms with E-state index in [1.54, 1.807) is 40.1 Å². The number of urea groups is 1. The molecule has 0 unspecified atom stereocenters. The van der Waals surface area contributed by atoms with Crippen molar-refractivity contribution in [3.63, 3.8) is 0 Å². The maximum atomic E-state index is 12.5. The molecule has 1 saturated heterocycles. The number of hydrogen-bond donors (Lipinski definition) is 1. The minimum Gasteiger partial charge on any atom is -0.492 e. The molecule has 0 saturated carbocycles. The molecule has 0 aliphatic carbocycles. The summed E-state index contributed by atoms with van der Waals surface area (Å²) in [5.41, 5.74) is 0.526. The van der Waals surface area contributed by atoms with Crippen molar-refractivity contribution >= 4 is 29.2 Å². The maximum Gasteiger partial charge on any atom is 0.322 e. The molecule has 1 fully saturated rings. The molecule has 1 aromatic carbocycles. The summed E-state index contributed by atoms with van der Waals surface area (Å²) in [5.74, 6) is 0.712. The number of piperazine rings is 1. The van der Waals surface area contributed by atoms with Gasteiger partial charge >= 0.3 is 6.03 Å². The molecular formula is C18H20ClN3O4. The van der Waals surface area contributed by atoms with E-state index in [2.05, 4.69) is 5.32 Å². The second-order valence-electron chi connectivity index (χ2n) is 5.76. The summed E-state index contributed by atoms with van der Waals surface area (Å²) in [7, 11) is 0. The molecule has 0 atom stereocenters. The fourth-order valence-corrected chi connectivity index (χ4v) is 2.92. The number of carbonyl (C=O) groups is 2. The number of ether oxygens (including phenoxy) is 1. The number of rotatable bonds is 4. The number of hydrogen-bond acceptors (Lipinski definition) is 4. The van der Waals surface area contributed by atoms with Gasteiger partial charge in [-0.2, -0.15) is 0 Å². The summed E-state index contributed by atoms with van der Waals surface area (Å²) >= 11 is 6.02. The SMILES string of the molecule is CCOc1ccc(Cl)cc1NC(=O)N1CCN(C(=O)c2ccco2)CC1. The van der Waals surface area contributed by atoms with E-state index >= 15 is 0 Å². The Morgan fingerprint density at radius 3 is 2.58 bits per heavy atom. The third-order valence-corrected chi connectivity index (χ3v) is 4.30. The fourth-order valence-electron chi connectivity index (χ4n) is 2.74. The first-order valence-corrected chi connectivity index (χ1v) is 8.77. The first kappa shape index (κ1) is 18.1. The Kier molecular flexibility index (Phi) is 5.68. The van der Waals surface area contributed by atoms with Crippen molar-refractivity contribution in [2.24, 2.45) is 0 Å². The van der Waals surface area contributed by atoms with Gasteiger partial charge in [-0.25, -0.2) is 4.79 Å². The van der Waals surface area contributed by atoms with Crippen LogP contribution >= 0.6 is 11.6 Å². The quantitative estimate of drug-likeness (QED) is 0.886. The normalized spacial score (nSPS) is 14.2. The van der Waals surface area contributed by atoms with Gasteiger partial charge in [0.1, 0.15) is 5.75 Å². The number of carbonyl (C=O) groups excluding carboxylic acids is 2. The minimum atomic E-state index is -0.252. The van der Waals surface area contributed by atoms with E-state index in [1.807, 2.05) is 6.92 Å². The van der Waals surface area contributed by atoms with Gasteiger partial charge in [-0.3, -0.25) is 4.79 Å². The van der Waals surface area contributed by atoms with E-state index in [4.69, 9.17) is 20.8 Å². The highest BCUT2D eigenvalue weighted by Crippen LogP contribution is 2.28. The number of anilines is 1. The molecule has 0 bridgehead atoms. The number of amides is 3. The molecule has 1 N–H and O–H groups in total. The average Bonchev–Trinajstić information content (AvgIpc) is 3.18. The third kappa shape index (κ3) is 4.11. The Hall–Kier alpha value is -2.67. The van der Waals surface area contributed by atoms with Crippen LogP contribution in [0.2, 0.25) is 5.02 Å². The zero-order chi connectivity index (χ0) is 18.5. The van der Waals surface area contributed by atoms with Crippen molar-refractivity contribution in [2.75, 3.05) is 38.1 Å². The highest BCUT2D eigenvalue weighted by Gasteiger charge is 2.26. The number of halogens is 1. The van der Waals surface area contributed by atoms with E-state index in [0.29, 0.717) is 55.0 Å². The zero-order valence-corrected chi connectivity index (χ0v) is 15.2. The standard InChI is InChI=1S/C18H20ClN3O4/c1-2-25-15-6-5-13(19)12-14(15)20-18(24)22-9-7-21(8-10-22)17(23)16-4-3-11-26-16/h3-6,11-12H,2,7-10H2,1H3,(H,20,24). The van der Waals surface area contributed by atoms with Crippen LogP contribution in [0.4, 0.5) is 10.5 Å². The molecule has 3 amide bonds. The summed E-state index contributed by atoms with van der Waals surface area (Å²) in [6.07, 6.45) is 1.47. The van der Waals surface area contributed by atoms with Crippen LogP contribution in [-0.4, -0.2) is 54.5 Å². The van der Waals surface area contributed by atoms with Crippen LogP contribution < -0.4 is 10.1 Å². The second-order valence-corrected chi connectivity index (χ2v) is 6.20. The Labute approximate surface area is 156 Å². The van der Waals surface area contributed by atoms with Crippen LogP contribution in [0, 0.1) is 0 Å². The summed E-state index contributed by atoms with van der Waals surface area (Å²) < 4.78 is 10.7. The highest BCUT2D eigenvalue weighted by molar-refractivity contribution is 6.31. The van der Waals surface area contributed by atoms with Crippen LogP contribution in [0.1, 0.15) is 17.5 Å². The molecule has 1 aromatic heterocycles. The van der Waals surface area contributed by atoms with Crippen molar-refractivity contribution in [1.82, 2.24) is 9.80 Å². The highest BCUT2D eigenvalue weighted by atomic mass is 35.5. The van der Waals surface area contributed by atoms with Crippen molar-refractivity contribution in [3.8, 4) is 5.75 Å². The lowest BCUT2D eigenvalue weighted by atomic mass is 10.2. The number of nitrogens with zero attached hydrogens (tertiary/aromatic N) is 2. The zero-order valence-electron chi connectivity index (χ0n) is 14.4. The molecule has 8 heteroatoms. The maximum absolute atomic E-state index is 12.5. The average molecular weight is 378 g/mol. The van der Waals surface area contributed by atoms with Gasteiger partial charge in [-0.1, -0.05) is 11.6 Å². The summed E-state index contributed by atoms with van der Waals surface area (Å²) in [5, 5.41) is 3.34. The Bertz CT molecular complexity index is 771. The monoisotopic (exact) mass is 377 g/mol. The van der Waals surface area contributed by atoms with Crippen molar-refractivity contribution in [2.45, 2.75) is 6.92 Å². The smallest absolute Gasteiger partial charge is 0.322 e. The van der Waals surface area contributed by atoms with Gasteiger partial charge in [0, 0.05) is 31.2 Å². The van der Waals surface area contributed by atoms with Crippen molar-refractivity contribution in [1.29, 1.82) is 0 Å². The lowest BCUT2D eigenvalue weighted by molar-refractivity contribution is 0.0640. The van der Waals surface area contributed by atoms with Crippen LogP contribution in [0.25, 0.3) is 0 Å². The minimum absolute atomic E-state index is 0.163. The molecule has 2 aromatic rings. The van der Waals surface area contributed by atoms with Crippen LogP contribution in [0.15, 0.2) is 41.0 Å². The van der Waals surface area contributed by atoms with Crippen LogP contribution in [-0.2, 0) is 0 Å². The van der Waals surface area contributed by atoms with E-state index in [1.165, 1.54) is 6.26 Å². The van der Waals surface area contributed by atoms with Crippen molar-refractivity contribution in [3.05, 3.63) is 47.4 Å². The van der Waals surface area contributed by atoms with Gasteiger partial charge < -0.3 is 24.3 Å². The van der Waals surface area contributed by atoms with Gasteiger partial charge in [0.05, 0.1) is 18.6 Å². The fraction of sp³-hybridized carbons (Fsp3) is 0.333. The summed E-state index contributed by atoms with van der Waals surface area (Å²) in [4.78, 5) is 28.1. The van der Waals surface area contributed by atoms with Gasteiger partial charge in [-0.15, -0.1) is 0 Å². The molecule has 3 rings (SSSR count). The molecule has 26 heavy (non-hydrogen) atoms. The Morgan fingerprint density at radius 1 is 1.19 bits per heavy atom. The third-order valence-electron chi connectivity index (χ3n) is 4.07. The number of benzene rings is 1. The predicted octanol–water partition coefficient (Wildman–Crippen LogP) is 3.32. The van der Waals surface area contributed by atoms with Crippen molar-refractivity contribution < 1.29 is 18.7 Å². The molecule has 138 valence electrons. The molecular weight excluding hydrogens is 358 g/mol. The summed E-state index contributed by atoms with van der Waals surface area (Å²) in [6, 6.07) is 8.15. The van der Waals surface area contributed by atoms with Crippen LogP contribution in [0.5, 0.6) is 5.75 Å². The Balaban J connectivity index is 1.59. The molecule has 2 heterocycles. The largest absolute Gasteiger partial charge is 0.492 e. The number of nitrogens with one attached hydrogen (secondary N) is 1. The first-order valence-electron chi connectivity index (χ1n) is 8.39. The summed E-state index contributed by atoms with van der Waals surface area (Å²) in [6.45, 7) is 4.11.